The lowest BCUT2D eigenvalue weighted by atomic mass is 9.92. The first-order valence-electron chi connectivity index (χ1n) is 6.61. The monoisotopic (exact) mass is 295 g/mol. The average Bonchev–Trinajstić information content (AvgIpc) is 2.79. The number of aromatic hydroxyl groups is 1. The highest BCUT2D eigenvalue weighted by Gasteiger charge is 2.33. The summed E-state index contributed by atoms with van der Waals surface area (Å²) in [7, 11) is 0. The van der Waals surface area contributed by atoms with E-state index in [2.05, 4.69) is 6.58 Å². The van der Waals surface area contributed by atoms with E-state index in [4.69, 9.17) is 16.7 Å². The molecule has 1 aliphatic rings. The predicted octanol–water partition coefficient (Wildman–Crippen LogP) is 2.39. The van der Waals surface area contributed by atoms with Gasteiger partial charge in [-0.3, -0.25) is 4.79 Å². The maximum Gasteiger partial charge on any atom is 0.223 e. The summed E-state index contributed by atoms with van der Waals surface area (Å²) in [5.41, 5.74) is 1.38. The van der Waals surface area contributed by atoms with E-state index in [-0.39, 0.29) is 24.2 Å². The van der Waals surface area contributed by atoms with Gasteiger partial charge >= 0.3 is 0 Å². The summed E-state index contributed by atoms with van der Waals surface area (Å²) in [6.45, 7) is 4.86. The van der Waals surface area contributed by atoms with Crippen molar-refractivity contribution >= 4 is 23.6 Å². The molecule has 2 rings (SSSR count). The number of aliphatic hydroxyl groups is 1. The van der Waals surface area contributed by atoms with Gasteiger partial charge in [0.05, 0.1) is 0 Å². The minimum atomic E-state index is -0.0899. The van der Waals surface area contributed by atoms with E-state index in [1.165, 1.54) is 0 Å². The molecule has 1 saturated heterocycles. The third kappa shape index (κ3) is 2.81. The van der Waals surface area contributed by atoms with E-state index in [1.54, 1.807) is 23.1 Å². The standard InChI is InChI=1S/C15H18ClNO3/c1-2-11-12(16)4-5-13(19)15(11)10-8-14(20)17(9-10)6-3-7-18/h2,4-5,10,18-19H,1,3,6-9H2. The molecule has 0 bridgehead atoms. The molecule has 108 valence electrons. The Balaban J connectivity index is 2.27. The quantitative estimate of drug-likeness (QED) is 0.877. The minimum absolute atomic E-state index is 0.0397. The van der Waals surface area contributed by atoms with Crippen LogP contribution in [0.4, 0.5) is 0 Å². The van der Waals surface area contributed by atoms with Gasteiger partial charge in [0.15, 0.2) is 0 Å². The Morgan fingerprint density at radius 1 is 1.50 bits per heavy atom. The van der Waals surface area contributed by atoms with Gasteiger partial charge in [0, 0.05) is 42.6 Å². The predicted molar refractivity (Wildman–Crippen MR) is 78.8 cm³/mol. The maximum absolute atomic E-state index is 12.0. The third-order valence-corrected chi connectivity index (χ3v) is 3.95. The van der Waals surface area contributed by atoms with Crippen LogP contribution in [0.15, 0.2) is 18.7 Å². The molecule has 2 N–H and O–H groups in total. The van der Waals surface area contributed by atoms with Crippen LogP contribution in [0, 0.1) is 0 Å². The highest BCUT2D eigenvalue weighted by molar-refractivity contribution is 6.32. The lowest BCUT2D eigenvalue weighted by molar-refractivity contribution is -0.127. The first-order valence-corrected chi connectivity index (χ1v) is 6.98. The van der Waals surface area contributed by atoms with Crippen molar-refractivity contribution in [1.29, 1.82) is 0 Å². The molecule has 5 heteroatoms. The number of halogens is 1. The van der Waals surface area contributed by atoms with Crippen LogP contribution in [-0.2, 0) is 4.79 Å². The molecule has 1 atom stereocenters. The Bertz CT molecular complexity index is 530. The number of carbonyl (C=O) groups excluding carboxylic acids is 1. The second kappa shape index (κ2) is 6.29. The topological polar surface area (TPSA) is 60.8 Å². The Hall–Kier alpha value is -1.52. The van der Waals surface area contributed by atoms with Crippen LogP contribution >= 0.6 is 11.6 Å². The van der Waals surface area contributed by atoms with Gasteiger partial charge in [-0.15, -0.1) is 0 Å². The molecule has 1 aromatic rings. The van der Waals surface area contributed by atoms with Crippen molar-refractivity contribution in [3.63, 3.8) is 0 Å². The molecule has 1 unspecified atom stereocenters. The zero-order chi connectivity index (χ0) is 14.7. The molecule has 1 heterocycles. The van der Waals surface area contributed by atoms with Crippen molar-refractivity contribution in [3.8, 4) is 5.75 Å². The van der Waals surface area contributed by atoms with Crippen LogP contribution in [0.2, 0.25) is 5.02 Å². The van der Waals surface area contributed by atoms with Gasteiger partial charge in [0.1, 0.15) is 5.75 Å². The number of benzene rings is 1. The summed E-state index contributed by atoms with van der Waals surface area (Å²) in [5, 5.41) is 19.5. The summed E-state index contributed by atoms with van der Waals surface area (Å²) in [4.78, 5) is 13.7. The van der Waals surface area contributed by atoms with Gasteiger partial charge in [-0.05, 0) is 24.1 Å². The molecule has 4 nitrogen and oxygen atoms in total. The summed E-state index contributed by atoms with van der Waals surface area (Å²) >= 11 is 6.12. The lowest BCUT2D eigenvalue weighted by Crippen LogP contribution is -2.26. The number of rotatable bonds is 5. The zero-order valence-corrected chi connectivity index (χ0v) is 11.9. The van der Waals surface area contributed by atoms with Crippen molar-refractivity contribution < 1.29 is 15.0 Å². The lowest BCUT2D eigenvalue weighted by Gasteiger charge is -2.18. The summed E-state index contributed by atoms with van der Waals surface area (Å²) in [6.07, 6.45) is 2.52. The smallest absolute Gasteiger partial charge is 0.223 e. The average molecular weight is 296 g/mol. The van der Waals surface area contributed by atoms with Crippen LogP contribution in [0.3, 0.4) is 0 Å². The SMILES string of the molecule is C=Cc1c(Cl)ccc(O)c1C1CC(=O)N(CCCO)C1. The Morgan fingerprint density at radius 2 is 2.25 bits per heavy atom. The molecule has 0 aromatic heterocycles. The van der Waals surface area contributed by atoms with Crippen LogP contribution in [0.25, 0.3) is 6.08 Å². The number of likely N-dealkylation sites (tertiary alicyclic amines) is 1. The number of phenols is 1. The maximum atomic E-state index is 12.0. The van der Waals surface area contributed by atoms with E-state index in [9.17, 15) is 9.90 Å². The molecule has 1 aromatic carbocycles. The molecular weight excluding hydrogens is 278 g/mol. The van der Waals surface area contributed by atoms with Crippen LogP contribution in [0.1, 0.15) is 29.9 Å². The summed E-state index contributed by atoms with van der Waals surface area (Å²) < 4.78 is 0. The van der Waals surface area contributed by atoms with Gasteiger partial charge in [0.2, 0.25) is 5.91 Å². The molecule has 0 spiro atoms. The molecule has 0 aliphatic carbocycles. The van der Waals surface area contributed by atoms with E-state index in [0.717, 1.165) is 0 Å². The molecule has 20 heavy (non-hydrogen) atoms. The van der Waals surface area contributed by atoms with E-state index in [0.29, 0.717) is 42.1 Å². The van der Waals surface area contributed by atoms with Crippen LogP contribution < -0.4 is 0 Å². The molecule has 0 radical (unpaired) electrons. The van der Waals surface area contributed by atoms with Gasteiger partial charge in [-0.2, -0.15) is 0 Å². The molecular formula is C15H18ClNO3. The second-order valence-corrected chi connectivity index (χ2v) is 5.32. The van der Waals surface area contributed by atoms with Crippen molar-refractivity contribution in [3.05, 3.63) is 34.9 Å². The van der Waals surface area contributed by atoms with E-state index in [1.807, 2.05) is 0 Å². The number of amides is 1. The van der Waals surface area contributed by atoms with Crippen LogP contribution in [0.5, 0.6) is 5.75 Å². The van der Waals surface area contributed by atoms with Gasteiger partial charge < -0.3 is 15.1 Å². The number of hydrogen-bond donors (Lipinski definition) is 2. The zero-order valence-electron chi connectivity index (χ0n) is 11.2. The Labute approximate surface area is 123 Å². The first kappa shape index (κ1) is 14.9. The van der Waals surface area contributed by atoms with E-state index < -0.39 is 0 Å². The van der Waals surface area contributed by atoms with Crippen molar-refractivity contribution in [2.45, 2.75) is 18.8 Å². The Morgan fingerprint density at radius 3 is 2.90 bits per heavy atom. The van der Waals surface area contributed by atoms with Crippen molar-refractivity contribution in [2.24, 2.45) is 0 Å². The second-order valence-electron chi connectivity index (χ2n) is 4.92. The summed E-state index contributed by atoms with van der Waals surface area (Å²) in [5.74, 6) is 0.0943. The van der Waals surface area contributed by atoms with Crippen molar-refractivity contribution in [2.75, 3.05) is 19.7 Å². The largest absolute Gasteiger partial charge is 0.508 e. The van der Waals surface area contributed by atoms with E-state index >= 15 is 0 Å². The number of phenolic OH excluding ortho intramolecular Hbond substituents is 1. The number of hydrogen-bond acceptors (Lipinski definition) is 3. The molecule has 1 fully saturated rings. The fraction of sp³-hybridized carbons (Fsp3) is 0.400. The number of nitrogens with zero attached hydrogens (tertiary/aromatic N) is 1. The fourth-order valence-corrected chi connectivity index (χ4v) is 2.92. The minimum Gasteiger partial charge on any atom is -0.508 e. The summed E-state index contributed by atoms with van der Waals surface area (Å²) in [6, 6.07) is 3.17. The number of aliphatic hydroxyl groups excluding tert-OH is 1. The first-order chi connectivity index (χ1) is 9.58. The molecule has 1 aliphatic heterocycles. The van der Waals surface area contributed by atoms with Gasteiger partial charge in [-0.1, -0.05) is 24.3 Å². The van der Waals surface area contributed by atoms with Gasteiger partial charge in [-0.25, -0.2) is 0 Å². The fourth-order valence-electron chi connectivity index (χ4n) is 2.68. The van der Waals surface area contributed by atoms with Gasteiger partial charge in [0.25, 0.3) is 0 Å². The molecule has 1 amide bonds. The normalized spacial score (nSPS) is 18.6. The number of carbonyl (C=O) groups is 1. The van der Waals surface area contributed by atoms with Crippen molar-refractivity contribution in [1.82, 2.24) is 4.90 Å². The molecule has 0 saturated carbocycles. The van der Waals surface area contributed by atoms with Crippen LogP contribution in [-0.4, -0.2) is 40.7 Å². The third-order valence-electron chi connectivity index (χ3n) is 3.62. The highest BCUT2D eigenvalue weighted by Crippen LogP contribution is 2.39. The highest BCUT2D eigenvalue weighted by atomic mass is 35.5. The Kier molecular flexibility index (Phi) is 4.68.